The first-order chi connectivity index (χ1) is 15.6. The molecular formula is C23H28F3N3O4. The third-order valence-corrected chi connectivity index (χ3v) is 5.88. The molecule has 1 atom stereocenters. The molecule has 2 aliphatic rings. The van der Waals surface area contributed by atoms with E-state index in [1.54, 1.807) is 0 Å². The molecule has 0 saturated carbocycles. The number of likely N-dealkylation sites (tertiary alicyclic amines) is 1. The van der Waals surface area contributed by atoms with Gasteiger partial charge in [0.2, 0.25) is 0 Å². The summed E-state index contributed by atoms with van der Waals surface area (Å²) in [6.07, 6.45) is -0.990. The molecule has 0 bridgehead atoms. The maximum absolute atomic E-state index is 12.2. The highest BCUT2D eigenvalue weighted by atomic mass is 19.4. The van der Waals surface area contributed by atoms with Crippen LogP contribution in [-0.4, -0.2) is 64.5 Å². The molecule has 2 fully saturated rings. The van der Waals surface area contributed by atoms with Gasteiger partial charge in [0.25, 0.3) is 5.91 Å². The lowest BCUT2D eigenvalue weighted by molar-refractivity contribution is -0.192. The van der Waals surface area contributed by atoms with E-state index >= 15 is 0 Å². The number of hydrogen-bond acceptors (Lipinski definition) is 4. The third kappa shape index (κ3) is 6.82. The summed E-state index contributed by atoms with van der Waals surface area (Å²) in [7, 11) is 1.89. The van der Waals surface area contributed by atoms with E-state index in [1.807, 2.05) is 29.9 Å². The standard InChI is InChI=1S/C21H27N3O2.C2HF3O2/c1-23-11-5-8-19(23)20(25)22-12-18-9-10-21(26-14-18)15-24(16-21)13-17-6-3-2-4-7-17;3-2(4,5)1(6)7/h2-8,11,18H,9-10,12-16H2,1H3,(H,22,25);(H,6,7). The van der Waals surface area contributed by atoms with E-state index in [-0.39, 0.29) is 11.5 Å². The van der Waals surface area contributed by atoms with Gasteiger partial charge in [-0.15, -0.1) is 0 Å². The van der Waals surface area contributed by atoms with Gasteiger partial charge >= 0.3 is 12.1 Å². The average molecular weight is 467 g/mol. The van der Waals surface area contributed by atoms with Crippen LogP contribution in [0.3, 0.4) is 0 Å². The van der Waals surface area contributed by atoms with Gasteiger partial charge in [-0.05, 0) is 36.5 Å². The molecule has 2 N–H and O–H groups in total. The summed E-state index contributed by atoms with van der Waals surface area (Å²) in [6, 6.07) is 14.3. The minimum absolute atomic E-state index is 0.00420. The van der Waals surface area contributed by atoms with Gasteiger partial charge in [-0.3, -0.25) is 9.69 Å². The Morgan fingerprint density at radius 2 is 1.85 bits per heavy atom. The summed E-state index contributed by atoms with van der Waals surface area (Å²) in [4.78, 5) is 23.5. The molecule has 4 rings (SSSR count). The Morgan fingerprint density at radius 1 is 1.18 bits per heavy atom. The number of carboxylic acids is 1. The first kappa shape index (κ1) is 24.8. The van der Waals surface area contributed by atoms with E-state index in [4.69, 9.17) is 14.6 Å². The highest BCUT2D eigenvalue weighted by molar-refractivity contribution is 5.92. The normalized spacial score (nSPS) is 19.8. The number of aryl methyl sites for hydroxylation is 1. The lowest BCUT2D eigenvalue weighted by atomic mass is 9.82. The Labute approximate surface area is 190 Å². The molecule has 2 aliphatic heterocycles. The van der Waals surface area contributed by atoms with Gasteiger partial charge in [0.1, 0.15) is 5.69 Å². The van der Waals surface area contributed by atoms with E-state index in [0.717, 1.165) is 39.1 Å². The minimum Gasteiger partial charge on any atom is -0.475 e. The van der Waals surface area contributed by atoms with E-state index < -0.39 is 12.1 Å². The Hall–Kier alpha value is -2.85. The van der Waals surface area contributed by atoms with Crippen LogP contribution in [0.25, 0.3) is 0 Å². The van der Waals surface area contributed by atoms with Crippen molar-refractivity contribution in [1.82, 2.24) is 14.8 Å². The summed E-state index contributed by atoms with van der Waals surface area (Å²) in [5.41, 5.74) is 2.11. The summed E-state index contributed by atoms with van der Waals surface area (Å²) in [5.74, 6) is -2.35. The maximum atomic E-state index is 12.2. The van der Waals surface area contributed by atoms with E-state index in [2.05, 4.69) is 40.5 Å². The number of carboxylic acid groups (broad SMARTS) is 1. The second-order valence-electron chi connectivity index (χ2n) is 8.55. The number of alkyl halides is 3. The number of carbonyl (C=O) groups is 2. The monoisotopic (exact) mass is 467 g/mol. The molecule has 1 amide bonds. The molecule has 0 aliphatic carbocycles. The number of halogens is 3. The van der Waals surface area contributed by atoms with Gasteiger partial charge in [-0.1, -0.05) is 30.3 Å². The molecule has 1 aromatic carbocycles. The fourth-order valence-corrected chi connectivity index (χ4v) is 4.07. The molecule has 180 valence electrons. The molecule has 2 aromatic rings. The predicted octanol–water partition coefficient (Wildman–Crippen LogP) is 3.07. The van der Waals surface area contributed by atoms with Gasteiger partial charge in [0.15, 0.2) is 0 Å². The van der Waals surface area contributed by atoms with Crippen LogP contribution in [0, 0.1) is 5.92 Å². The van der Waals surface area contributed by atoms with Crippen molar-refractivity contribution in [3.63, 3.8) is 0 Å². The zero-order valence-electron chi connectivity index (χ0n) is 18.3. The second-order valence-corrected chi connectivity index (χ2v) is 8.55. The molecule has 33 heavy (non-hydrogen) atoms. The van der Waals surface area contributed by atoms with Crippen LogP contribution in [0.5, 0.6) is 0 Å². The van der Waals surface area contributed by atoms with Crippen molar-refractivity contribution in [2.45, 2.75) is 31.2 Å². The highest BCUT2D eigenvalue weighted by Crippen LogP contribution is 2.36. The summed E-state index contributed by atoms with van der Waals surface area (Å²) in [6.45, 7) is 4.47. The average Bonchev–Trinajstić information content (AvgIpc) is 3.18. The van der Waals surface area contributed by atoms with Crippen molar-refractivity contribution in [2.24, 2.45) is 13.0 Å². The van der Waals surface area contributed by atoms with Gasteiger partial charge in [-0.25, -0.2) is 4.79 Å². The number of rotatable bonds is 5. The van der Waals surface area contributed by atoms with Crippen LogP contribution in [0.1, 0.15) is 28.9 Å². The molecular weight excluding hydrogens is 439 g/mol. The number of aromatic nitrogens is 1. The molecule has 10 heteroatoms. The molecule has 3 heterocycles. The Balaban J connectivity index is 0.000000383. The zero-order valence-corrected chi connectivity index (χ0v) is 18.3. The van der Waals surface area contributed by atoms with Gasteiger partial charge < -0.3 is 19.7 Å². The third-order valence-electron chi connectivity index (χ3n) is 5.88. The zero-order chi connectivity index (χ0) is 24.1. The first-order valence-electron chi connectivity index (χ1n) is 10.7. The van der Waals surface area contributed by atoms with Crippen molar-refractivity contribution in [2.75, 3.05) is 26.2 Å². The smallest absolute Gasteiger partial charge is 0.475 e. The molecule has 0 radical (unpaired) electrons. The van der Waals surface area contributed by atoms with Crippen molar-refractivity contribution in [3.05, 3.63) is 59.9 Å². The van der Waals surface area contributed by atoms with Crippen LogP contribution >= 0.6 is 0 Å². The van der Waals surface area contributed by atoms with E-state index in [0.29, 0.717) is 18.2 Å². The molecule has 1 aromatic heterocycles. The molecule has 1 spiro atoms. The van der Waals surface area contributed by atoms with Crippen molar-refractivity contribution < 1.29 is 32.6 Å². The van der Waals surface area contributed by atoms with Crippen molar-refractivity contribution >= 4 is 11.9 Å². The fraction of sp³-hybridized carbons (Fsp3) is 0.478. The number of aliphatic carboxylic acids is 1. The van der Waals surface area contributed by atoms with Crippen LogP contribution < -0.4 is 5.32 Å². The van der Waals surface area contributed by atoms with E-state index in [9.17, 15) is 18.0 Å². The Morgan fingerprint density at radius 3 is 2.36 bits per heavy atom. The molecule has 7 nitrogen and oxygen atoms in total. The first-order valence-corrected chi connectivity index (χ1v) is 10.7. The second kappa shape index (κ2) is 10.4. The number of amides is 1. The lowest BCUT2D eigenvalue weighted by Crippen LogP contribution is -2.64. The van der Waals surface area contributed by atoms with Gasteiger partial charge in [0, 0.05) is 39.4 Å². The maximum Gasteiger partial charge on any atom is 0.490 e. The van der Waals surface area contributed by atoms with Crippen LogP contribution in [0.4, 0.5) is 13.2 Å². The minimum atomic E-state index is -5.08. The van der Waals surface area contributed by atoms with E-state index in [1.165, 1.54) is 5.56 Å². The van der Waals surface area contributed by atoms with Crippen LogP contribution in [0.2, 0.25) is 0 Å². The number of nitrogens with one attached hydrogen (secondary N) is 1. The fourth-order valence-electron chi connectivity index (χ4n) is 4.07. The number of benzene rings is 1. The predicted molar refractivity (Wildman–Crippen MR) is 115 cm³/mol. The number of nitrogens with zero attached hydrogens (tertiary/aromatic N) is 2. The van der Waals surface area contributed by atoms with Gasteiger partial charge in [0.05, 0.1) is 12.2 Å². The number of carbonyl (C=O) groups excluding carboxylic acids is 1. The van der Waals surface area contributed by atoms with Gasteiger partial charge in [-0.2, -0.15) is 13.2 Å². The highest BCUT2D eigenvalue weighted by Gasteiger charge is 2.46. The van der Waals surface area contributed by atoms with Crippen LogP contribution in [-0.2, 0) is 23.1 Å². The van der Waals surface area contributed by atoms with Crippen LogP contribution in [0.15, 0.2) is 48.7 Å². The lowest BCUT2D eigenvalue weighted by Gasteiger charge is -2.53. The topological polar surface area (TPSA) is 83.8 Å². The molecule has 2 saturated heterocycles. The summed E-state index contributed by atoms with van der Waals surface area (Å²) >= 11 is 0. The summed E-state index contributed by atoms with van der Waals surface area (Å²) < 4.78 is 39.8. The number of ether oxygens (including phenoxy) is 1. The quantitative estimate of drug-likeness (QED) is 0.706. The number of hydrogen-bond donors (Lipinski definition) is 2. The Kier molecular flexibility index (Phi) is 7.80. The largest absolute Gasteiger partial charge is 0.490 e. The summed E-state index contributed by atoms with van der Waals surface area (Å²) in [5, 5.41) is 10.2. The van der Waals surface area contributed by atoms with Crippen molar-refractivity contribution in [3.8, 4) is 0 Å². The Bertz CT molecular complexity index is 930. The molecule has 1 unspecified atom stereocenters. The SMILES string of the molecule is Cn1cccc1C(=O)NCC1CCC2(CN(Cc3ccccc3)C2)OC1.O=C(O)C(F)(F)F. The van der Waals surface area contributed by atoms with Crippen molar-refractivity contribution in [1.29, 1.82) is 0 Å².